The summed E-state index contributed by atoms with van der Waals surface area (Å²) in [6, 6.07) is 5.23. The van der Waals surface area contributed by atoms with Gasteiger partial charge in [0.05, 0.1) is 30.8 Å². The molecule has 1 aromatic carbocycles. The summed E-state index contributed by atoms with van der Waals surface area (Å²) in [5.41, 5.74) is -1.62. The van der Waals surface area contributed by atoms with Crippen molar-refractivity contribution in [3.8, 4) is 0 Å². The summed E-state index contributed by atoms with van der Waals surface area (Å²) in [5.74, 6) is -2.92. The van der Waals surface area contributed by atoms with Crippen LogP contribution in [0.2, 0.25) is 5.02 Å². The summed E-state index contributed by atoms with van der Waals surface area (Å²) < 4.78 is 12.5. The molecule has 7 atom stereocenters. The Morgan fingerprint density at radius 3 is 2.54 bits per heavy atom. The molecule has 1 N–H and O–H groups in total. The van der Waals surface area contributed by atoms with Gasteiger partial charge in [-0.2, -0.15) is 0 Å². The number of hydrogen-bond donors (Lipinski definition) is 1. The van der Waals surface area contributed by atoms with E-state index in [0.29, 0.717) is 36.4 Å². The van der Waals surface area contributed by atoms with Gasteiger partial charge < -0.3 is 24.4 Å². The Morgan fingerprint density at radius 2 is 1.95 bits per heavy atom. The van der Waals surface area contributed by atoms with Crippen LogP contribution in [-0.2, 0) is 23.9 Å². The van der Waals surface area contributed by atoms with E-state index in [1.165, 1.54) is 4.90 Å². The molecule has 2 amide bonds. The lowest BCUT2D eigenvalue weighted by atomic mass is 9.62. The number of aliphatic hydroxyl groups excluding tert-OH is 1. The van der Waals surface area contributed by atoms with Gasteiger partial charge in [-0.05, 0) is 68.7 Å². The highest BCUT2D eigenvalue weighted by molar-refractivity contribution is 6.30. The topological polar surface area (TPSA) is 96.4 Å². The number of ether oxygens (including phenoxy) is 2. The van der Waals surface area contributed by atoms with Crippen LogP contribution in [0, 0.1) is 23.7 Å². The van der Waals surface area contributed by atoms with Crippen molar-refractivity contribution >= 4 is 35.1 Å². The fraction of sp³-hybridized carbons (Fsp3) is 0.594. The molecule has 3 aliphatic heterocycles. The number of hydrogen-bond acceptors (Lipinski definition) is 6. The van der Waals surface area contributed by atoms with Crippen molar-refractivity contribution in [3.63, 3.8) is 0 Å². The minimum Gasteiger partial charge on any atom is -0.465 e. The maximum Gasteiger partial charge on any atom is 0.312 e. The van der Waals surface area contributed by atoms with Gasteiger partial charge in [-0.25, -0.2) is 0 Å². The van der Waals surface area contributed by atoms with E-state index in [1.807, 2.05) is 27.7 Å². The number of carbonyl (C=O) groups is 3. The summed E-state index contributed by atoms with van der Waals surface area (Å²) in [6.07, 6.45) is 5.64. The molecular weight excluding hydrogens is 544 g/mol. The van der Waals surface area contributed by atoms with E-state index < -0.39 is 41.1 Å². The predicted octanol–water partition coefficient (Wildman–Crippen LogP) is 4.79. The first kappa shape index (κ1) is 31.3. The number of likely N-dealkylation sites (tertiary alicyclic amines) is 1. The van der Waals surface area contributed by atoms with Crippen LogP contribution in [0.3, 0.4) is 0 Å². The SMILES string of the molecule is C=CCCCOC(=O)[C@H]1[C@H]2C(=O)N([C@@H](CO)CC(C)C)C(C(=O)N(CC=C)c3ccc(Cl)cc3)C23CC(C)[C@]1(C)O3. The van der Waals surface area contributed by atoms with Gasteiger partial charge in [0.1, 0.15) is 17.6 Å². The zero-order valence-corrected chi connectivity index (χ0v) is 25.3. The lowest BCUT2D eigenvalue weighted by molar-refractivity contribution is -0.162. The normalized spacial score (nSPS) is 30.8. The number of fused-ring (bicyclic) bond motifs is 1. The van der Waals surface area contributed by atoms with Gasteiger partial charge in [0.15, 0.2) is 0 Å². The second kappa shape index (κ2) is 12.3. The van der Waals surface area contributed by atoms with Gasteiger partial charge in [-0.3, -0.25) is 14.4 Å². The quantitative estimate of drug-likeness (QED) is 0.203. The number of anilines is 1. The largest absolute Gasteiger partial charge is 0.465 e. The average Bonchev–Trinajstić information content (AvgIpc) is 3.45. The van der Waals surface area contributed by atoms with Crippen molar-refractivity contribution < 1.29 is 29.0 Å². The van der Waals surface area contributed by atoms with Crippen LogP contribution in [0.25, 0.3) is 0 Å². The highest BCUT2D eigenvalue weighted by atomic mass is 35.5. The molecule has 3 fully saturated rings. The zero-order chi connectivity index (χ0) is 30.1. The van der Waals surface area contributed by atoms with Crippen LogP contribution >= 0.6 is 11.6 Å². The Morgan fingerprint density at radius 1 is 1.27 bits per heavy atom. The molecular formula is C32H43ClN2O6. The molecule has 0 aromatic heterocycles. The van der Waals surface area contributed by atoms with Gasteiger partial charge >= 0.3 is 5.97 Å². The molecule has 2 bridgehead atoms. The van der Waals surface area contributed by atoms with E-state index in [-0.39, 0.29) is 43.4 Å². The molecule has 9 heteroatoms. The third kappa shape index (κ3) is 5.35. The minimum atomic E-state index is -1.25. The summed E-state index contributed by atoms with van der Waals surface area (Å²) >= 11 is 6.13. The fourth-order valence-corrected chi connectivity index (χ4v) is 7.36. The second-order valence-corrected chi connectivity index (χ2v) is 12.7. The van der Waals surface area contributed by atoms with Crippen LogP contribution < -0.4 is 4.90 Å². The van der Waals surface area contributed by atoms with E-state index in [4.69, 9.17) is 21.1 Å². The summed E-state index contributed by atoms with van der Waals surface area (Å²) in [4.78, 5) is 45.9. The highest BCUT2D eigenvalue weighted by Gasteiger charge is 2.80. The number of benzene rings is 1. The predicted molar refractivity (Wildman–Crippen MR) is 158 cm³/mol. The van der Waals surface area contributed by atoms with Crippen molar-refractivity contribution in [2.75, 3.05) is 24.7 Å². The molecule has 3 saturated heterocycles. The monoisotopic (exact) mass is 586 g/mol. The average molecular weight is 587 g/mol. The third-order valence-electron chi connectivity index (χ3n) is 9.10. The first-order valence-electron chi connectivity index (χ1n) is 14.5. The van der Waals surface area contributed by atoms with E-state index in [9.17, 15) is 19.5 Å². The number of nitrogens with zero attached hydrogens (tertiary/aromatic N) is 2. The van der Waals surface area contributed by atoms with Gasteiger partial charge in [0.25, 0.3) is 5.91 Å². The molecule has 3 unspecified atom stereocenters. The Hall–Kier alpha value is -2.68. The molecule has 224 valence electrons. The van der Waals surface area contributed by atoms with Crippen LogP contribution in [0.4, 0.5) is 5.69 Å². The minimum absolute atomic E-state index is 0.117. The fourth-order valence-electron chi connectivity index (χ4n) is 7.24. The van der Waals surface area contributed by atoms with Crippen molar-refractivity contribution in [3.05, 3.63) is 54.6 Å². The number of unbranched alkanes of at least 4 members (excludes halogenated alkanes) is 1. The smallest absolute Gasteiger partial charge is 0.312 e. The number of halogens is 1. The van der Waals surface area contributed by atoms with Crippen LogP contribution in [0.1, 0.15) is 53.4 Å². The highest BCUT2D eigenvalue weighted by Crippen LogP contribution is 2.65. The number of amides is 2. The van der Waals surface area contributed by atoms with E-state index in [0.717, 1.165) is 0 Å². The summed E-state index contributed by atoms with van der Waals surface area (Å²) in [7, 11) is 0. The third-order valence-corrected chi connectivity index (χ3v) is 9.35. The van der Waals surface area contributed by atoms with Crippen molar-refractivity contribution in [1.29, 1.82) is 0 Å². The van der Waals surface area contributed by atoms with Gasteiger partial charge in [0, 0.05) is 17.3 Å². The zero-order valence-electron chi connectivity index (χ0n) is 24.6. The van der Waals surface area contributed by atoms with Crippen molar-refractivity contribution in [1.82, 2.24) is 4.90 Å². The lowest BCUT2D eigenvalue weighted by Crippen LogP contribution is -2.59. The Bertz CT molecular complexity index is 1170. The molecule has 1 aromatic rings. The van der Waals surface area contributed by atoms with E-state index in [2.05, 4.69) is 13.2 Å². The van der Waals surface area contributed by atoms with Gasteiger partial charge in [0.2, 0.25) is 5.91 Å². The maximum absolute atomic E-state index is 14.7. The standard InChI is InChI=1S/C32H43ClN2O6/c1-7-9-10-16-40-30(39)26-25-28(37)35(24(19-36)17-20(3)4)27(32(25)18-21(5)31(26,6)41-32)29(38)34(15-8-2)23-13-11-22(33)12-14-23/h7-8,11-14,20-21,24-27,36H,1-2,9-10,15-19H2,3-6H3/t21?,24-,25+,26-,27?,31+,32?/m1/s1. The molecule has 8 nitrogen and oxygen atoms in total. The summed E-state index contributed by atoms with van der Waals surface area (Å²) in [5, 5.41) is 11.1. The van der Waals surface area contributed by atoms with E-state index >= 15 is 0 Å². The number of rotatable bonds is 13. The van der Waals surface area contributed by atoms with Gasteiger partial charge in [-0.1, -0.05) is 44.5 Å². The number of carbonyl (C=O) groups excluding carboxylic acids is 3. The van der Waals surface area contributed by atoms with Crippen molar-refractivity contribution in [2.24, 2.45) is 23.7 Å². The first-order chi connectivity index (χ1) is 19.5. The van der Waals surface area contributed by atoms with Crippen LogP contribution in [0.15, 0.2) is 49.6 Å². The maximum atomic E-state index is 14.7. The first-order valence-corrected chi connectivity index (χ1v) is 14.9. The number of esters is 1. The molecule has 0 radical (unpaired) electrons. The second-order valence-electron chi connectivity index (χ2n) is 12.2. The van der Waals surface area contributed by atoms with Crippen LogP contribution in [0.5, 0.6) is 0 Å². The Balaban J connectivity index is 1.82. The summed E-state index contributed by atoms with van der Waals surface area (Å²) in [6.45, 7) is 15.5. The Labute approximate surface area is 248 Å². The molecule has 0 saturated carbocycles. The van der Waals surface area contributed by atoms with E-state index in [1.54, 1.807) is 41.3 Å². The molecule has 3 aliphatic rings. The molecule has 1 spiro atoms. The van der Waals surface area contributed by atoms with Gasteiger partial charge in [-0.15, -0.1) is 13.2 Å². The molecule has 41 heavy (non-hydrogen) atoms. The van der Waals surface area contributed by atoms with Crippen LogP contribution in [-0.4, -0.2) is 70.8 Å². The number of allylic oxidation sites excluding steroid dienone is 1. The molecule has 4 rings (SSSR count). The number of aliphatic hydroxyl groups is 1. The van der Waals surface area contributed by atoms with Crippen molar-refractivity contribution in [2.45, 2.75) is 76.7 Å². The molecule has 0 aliphatic carbocycles. The molecule has 3 heterocycles. The lowest BCUT2D eigenvalue weighted by Gasteiger charge is -2.40. The Kier molecular flexibility index (Phi) is 9.36.